The SMILES string of the molecule is Cc1ncsc1CCNC(C)C1CC2CCC1C2. The van der Waals surface area contributed by atoms with Crippen molar-refractivity contribution in [2.24, 2.45) is 17.8 Å². The van der Waals surface area contributed by atoms with Crippen LogP contribution in [0.1, 0.15) is 43.2 Å². The Balaban J connectivity index is 1.45. The minimum absolute atomic E-state index is 0.702. The Morgan fingerprint density at radius 3 is 2.94 bits per heavy atom. The quantitative estimate of drug-likeness (QED) is 0.881. The second kappa shape index (κ2) is 5.30. The van der Waals surface area contributed by atoms with Gasteiger partial charge in [0, 0.05) is 17.5 Å². The molecule has 1 N–H and O–H groups in total. The van der Waals surface area contributed by atoms with Crippen LogP contribution in [0.3, 0.4) is 0 Å². The summed E-state index contributed by atoms with van der Waals surface area (Å²) in [5.41, 5.74) is 3.18. The molecule has 1 aromatic heterocycles. The van der Waals surface area contributed by atoms with Gasteiger partial charge in [0.15, 0.2) is 0 Å². The zero-order chi connectivity index (χ0) is 12.5. The summed E-state index contributed by atoms with van der Waals surface area (Å²) in [6.45, 7) is 5.62. The smallest absolute Gasteiger partial charge is 0.0797 e. The van der Waals surface area contributed by atoms with Gasteiger partial charge in [0.25, 0.3) is 0 Å². The first-order chi connectivity index (χ1) is 8.74. The maximum absolute atomic E-state index is 4.31. The zero-order valence-corrected chi connectivity index (χ0v) is 12.3. The van der Waals surface area contributed by atoms with E-state index in [-0.39, 0.29) is 0 Å². The molecule has 0 aromatic carbocycles. The molecule has 4 unspecified atom stereocenters. The summed E-state index contributed by atoms with van der Waals surface area (Å²) in [4.78, 5) is 5.76. The maximum Gasteiger partial charge on any atom is 0.0797 e. The number of fused-ring (bicyclic) bond motifs is 2. The Kier molecular flexibility index (Phi) is 3.71. The van der Waals surface area contributed by atoms with Crippen LogP contribution >= 0.6 is 11.3 Å². The number of hydrogen-bond acceptors (Lipinski definition) is 3. The van der Waals surface area contributed by atoms with Crippen molar-refractivity contribution in [1.29, 1.82) is 0 Å². The number of aryl methyl sites for hydroxylation is 1. The molecule has 18 heavy (non-hydrogen) atoms. The van der Waals surface area contributed by atoms with E-state index in [0.29, 0.717) is 6.04 Å². The minimum Gasteiger partial charge on any atom is -0.314 e. The van der Waals surface area contributed by atoms with Crippen molar-refractivity contribution in [3.05, 3.63) is 16.1 Å². The van der Waals surface area contributed by atoms with Crippen molar-refractivity contribution in [3.8, 4) is 0 Å². The third kappa shape index (κ3) is 2.48. The van der Waals surface area contributed by atoms with Gasteiger partial charge in [0.1, 0.15) is 0 Å². The molecule has 2 aliphatic carbocycles. The monoisotopic (exact) mass is 264 g/mol. The number of nitrogens with one attached hydrogen (secondary N) is 1. The average molecular weight is 264 g/mol. The van der Waals surface area contributed by atoms with Gasteiger partial charge in [0.05, 0.1) is 11.2 Å². The van der Waals surface area contributed by atoms with Gasteiger partial charge in [-0.25, -0.2) is 4.98 Å². The van der Waals surface area contributed by atoms with Crippen molar-refractivity contribution in [2.75, 3.05) is 6.54 Å². The van der Waals surface area contributed by atoms with Crippen LogP contribution in [-0.4, -0.2) is 17.6 Å². The molecule has 2 bridgehead atoms. The highest BCUT2D eigenvalue weighted by atomic mass is 32.1. The van der Waals surface area contributed by atoms with Crippen molar-refractivity contribution in [1.82, 2.24) is 10.3 Å². The number of rotatable bonds is 5. The normalized spacial score (nSPS) is 32.0. The van der Waals surface area contributed by atoms with E-state index >= 15 is 0 Å². The molecule has 0 spiro atoms. The lowest BCUT2D eigenvalue weighted by atomic mass is 9.84. The molecule has 0 amide bonds. The van der Waals surface area contributed by atoms with Gasteiger partial charge < -0.3 is 5.32 Å². The van der Waals surface area contributed by atoms with E-state index in [2.05, 4.69) is 24.1 Å². The third-order valence-electron chi connectivity index (χ3n) is 5.10. The fraction of sp³-hybridized carbons (Fsp3) is 0.800. The van der Waals surface area contributed by atoms with Crippen LogP contribution < -0.4 is 5.32 Å². The van der Waals surface area contributed by atoms with Crippen LogP contribution in [0.15, 0.2) is 5.51 Å². The van der Waals surface area contributed by atoms with Crippen LogP contribution in [0, 0.1) is 24.7 Å². The van der Waals surface area contributed by atoms with Crippen LogP contribution in [0.4, 0.5) is 0 Å². The summed E-state index contributed by atoms with van der Waals surface area (Å²) in [5, 5.41) is 3.75. The molecule has 0 aliphatic heterocycles. The molecule has 1 aromatic rings. The summed E-state index contributed by atoms with van der Waals surface area (Å²) in [7, 11) is 0. The summed E-state index contributed by atoms with van der Waals surface area (Å²) >= 11 is 1.79. The second-order valence-corrected chi connectivity index (χ2v) is 7.13. The van der Waals surface area contributed by atoms with Gasteiger partial charge in [0.2, 0.25) is 0 Å². The van der Waals surface area contributed by atoms with Gasteiger partial charge in [-0.05, 0) is 57.3 Å². The van der Waals surface area contributed by atoms with Crippen molar-refractivity contribution >= 4 is 11.3 Å². The van der Waals surface area contributed by atoms with Crippen LogP contribution in [0.5, 0.6) is 0 Å². The van der Waals surface area contributed by atoms with Crippen LogP contribution in [-0.2, 0) is 6.42 Å². The van der Waals surface area contributed by atoms with Crippen molar-refractivity contribution in [2.45, 2.75) is 52.0 Å². The van der Waals surface area contributed by atoms with E-state index in [4.69, 9.17) is 0 Å². The molecule has 0 saturated heterocycles. The predicted octanol–water partition coefficient (Wildman–Crippen LogP) is 3.41. The summed E-state index contributed by atoms with van der Waals surface area (Å²) in [5.74, 6) is 3.04. The van der Waals surface area contributed by atoms with Gasteiger partial charge in [-0.1, -0.05) is 6.42 Å². The molecular weight excluding hydrogens is 240 g/mol. The highest BCUT2D eigenvalue weighted by molar-refractivity contribution is 7.09. The minimum atomic E-state index is 0.702. The van der Waals surface area contributed by atoms with E-state index in [1.54, 1.807) is 11.3 Å². The first-order valence-electron chi connectivity index (χ1n) is 7.36. The number of thiazole rings is 1. The maximum atomic E-state index is 4.31. The van der Waals surface area contributed by atoms with E-state index in [1.807, 2.05) is 5.51 Å². The first-order valence-corrected chi connectivity index (χ1v) is 8.24. The molecule has 2 saturated carbocycles. The topological polar surface area (TPSA) is 24.9 Å². The lowest BCUT2D eigenvalue weighted by molar-refractivity contribution is 0.261. The highest BCUT2D eigenvalue weighted by Crippen LogP contribution is 2.49. The molecule has 4 atom stereocenters. The van der Waals surface area contributed by atoms with E-state index in [9.17, 15) is 0 Å². The number of nitrogens with zero attached hydrogens (tertiary/aromatic N) is 1. The van der Waals surface area contributed by atoms with Gasteiger partial charge in [-0.15, -0.1) is 11.3 Å². The lowest BCUT2D eigenvalue weighted by Crippen LogP contribution is -2.37. The Bertz CT molecular complexity index is 401. The van der Waals surface area contributed by atoms with Crippen molar-refractivity contribution in [3.63, 3.8) is 0 Å². The molecular formula is C15H24N2S. The van der Waals surface area contributed by atoms with E-state index in [1.165, 1.54) is 36.3 Å². The van der Waals surface area contributed by atoms with Gasteiger partial charge in [-0.3, -0.25) is 0 Å². The van der Waals surface area contributed by atoms with Gasteiger partial charge >= 0.3 is 0 Å². The molecule has 2 fully saturated rings. The lowest BCUT2D eigenvalue weighted by Gasteiger charge is -2.28. The zero-order valence-electron chi connectivity index (χ0n) is 11.5. The summed E-state index contributed by atoms with van der Waals surface area (Å²) in [6.07, 6.45) is 7.15. The van der Waals surface area contributed by atoms with E-state index < -0.39 is 0 Å². The number of aromatic nitrogens is 1. The molecule has 1 heterocycles. The van der Waals surface area contributed by atoms with Gasteiger partial charge in [-0.2, -0.15) is 0 Å². The average Bonchev–Trinajstić information content (AvgIpc) is 3.06. The fourth-order valence-corrected chi connectivity index (χ4v) is 4.82. The molecule has 3 rings (SSSR count). The first kappa shape index (κ1) is 12.6. The fourth-order valence-electron chi connectivity index (χ4n) is 4.04. The Morgan fingerprint density at radius 1 is 1.44 bits per heavy atom. The highest BCUT2D eigenvalue weighted by Gasteiger charge is 2.41. The Hall–Kier alpha value is -0.410. The standard InChI is InChI=1S/C15H24N2S/c1-10(14-8-12-3-4-13(14)7-12)16-6-5-15-11(2)17-9-18-15/h9-10,12-14,16H,3-8H2,1-2H3. The predicted molar refractivity (Wildman–Crippen MR) is 77.0 cm³/mol. The largest absolute Gasteiger partial charge is 0.314 e. The molecule has 0 radical (unpaired) electrons. The van der Waals surface area contributed by atoms with Crippen LogP contribution in [0.25, 0.3) is 0 Å². The Labute approximate surface area is 114 Å². The Morgan fingerprint density at radius 2 is 2.33 bits per heavy atom. The number of hydrogen-bond donors (Lipinski definition) is 1. The van der Waals surface area contributed by atoms with Crippen molar-refractivity contribution < 1.29 is 0 Å². The van der Waals surface area contributed by atoms with Crippen LogP contribution in [0.2, 0.25) is 0 Å². The van der Waals surface area contributed by atoms with E-state index in [0.717, 1.165) is 30.7 Å². The molecule has 2 aliphatic rings. The molecule has 100 valence electrons. The molecule has 2 nitrogen and oxygen atoms in total. The molecule has 3 heteroatoms. The summed E-state index contributed by atoms with van der Waals surface area (Å²) < 4.78 is 0. The summed E-state index contributed by atoms with van der Waals surface area (Å²) in [6, 6.07) is 0.702. The second-order valence-electron chi connectivity index (χ2n) is 6.19. The third-order valence-corrected chi connectivity index (χ3v) is 6.09.